The third kappa shape index (κ3) is 11.9. The highest BCUT2D eigenvalue weighted by Crippen LogP contribution is 2.64. The SMILES string of the molecule is CO[C@H](C/C=C(\C)C(=O)NO)[C@H](OC(=O)Nc1ccc(F)cc1F)c1ccc(OCCO[Si](CCC(F)(F)C(F)(F)C(F)(F)C(F)(F)C(F)(F)C(F)(F)C(F)(F)C(F)(F)F)(C(C)C)C(C)C)cc1. The highest BCUT2D eigenvalue weighted by molar-refractivity contribution is 6.76. The largest absolute Gasteiger partial charge is 0.491 e. The highest BCUT2D eigenvalue weighted by atomic mass is 28.4. The molecular formula is C39H43F19N2O7Si. The summed E-state index contributed by atoms with van der Waals surface area (Å²) in [5.74, 6) is -60.1. The lowest BCUT2D eigenvalue weighted by molar-refractivity contribution is -0.461. The molecule has 0 aliphatic rings. The number of carbonyl (C=O) groups is 2. The average molecular weight is 1040 g/mol. The molecule has 0 aliphatic carbocycles. The number of amides is 2. The van der Waals surface area contributed by atoms with Crippen LogP contribution < -0.4 is 15.5 Å². The maximum atomic E-state index is 15.0. The monoisotopic (exact) mass is 1040 g/mol. The number of carbonyl (C=O) groups excluding carboxylic acids is 2. The summed E-state index contributed by atoms with van der Waals surface area (Å²) in [4.78, 5) is 24.7. The Morgan fingerprint density at radius 3 is 1.68 bits per heavy atom. The Morgan fingerprint density at radius 2 is 1.22 bits per heavy atom. The van der Waals surface area contributed by atoms with Crippen LogP contribution in [0.15, 0.2) is 54.1 Å². The van der Waals surface area contributed by atoms with E-state index in [1.807, 2.05) is 0 Å². The number of nitrogens with one attached hydrogen (secondary N) is 2. The summed E-state index contributed by atoms with van der Waals surface area (Å²) < 4.78 is 286. The molecule has 9 nitrogen and oxygen atoms in total. The van der Waals surface area contributed by atoms with Crippen molar-refractivity contribution in [1.82, 2.24) is 5.48 Å². The Balaban J connectivity index is 2.35. The number of hydroxylamine groups is 1. The van der Waals surface area contributed by atoms with Crippen LogP contribution in [0, 0.1) is 11.6 Å². The van der Waals surface area contributed by atoms with Crippen molar-refractivity contribution in [3.05, 3.63) is 71.3 Å². The standard InChI is InChI=1S/C39H43F19N2O7Si/c1-20(2)68(21(3)4,18-15-32(42,43)33(44,45)34(46,47)35(48,49)36(50,51)37(52,53)38(54,55)39(56,57)58)66-17-16-65-25-11-8-23(9-12-25)29(28(64-6)14-7-22(5)30(61)60-63)67-31(62)59-27-13-10-24(40)19-26(27)41/h7-13,19-21,28-29,63H,14-18H2,1-6H3,(H,59,62)(H,60,61)/b22-7+/t28-,29-/m1/s1. The zero-order chi connectivity index (χ0) is 52.9. The van der Waals surface area contributed by atoms with E-state index in [2.05, 4.69) is 5.32 Å². The average Bonchev–Trinajstić information content (AvgIpc) is 3.22. The van der Waals surface area contributed by atoms with Crippen molar-refractivity contribution < 1.29 is 117 Å². The molecule has 2 amide bonds. The van der Waals surface area contributed by atoms with E-state index in [0.717, 1.165) is 12.1 Å². The van der Waals surface area contributed by atoms with Crippen LogP contribution in [0.5, 0.6) is 5.75 Å². The van der Waals surface area contributed by atoms with E-state index in [4.69, 9.17) is 23.8 Å². The summed E-state index contributed by atoms with van der Waals surface area (Å²) in [6.07, 6.45) is -13.1. The number of alkyl halides is 17. The molecule has 0 aliphatic heterocycles. The van der Waals surface area contributed by atoms with Gasteiger partial charge in [-0.2, -0.15) is 74.6 Å². The predicted octanol–water partition coefficient (Wildman–Crippen LogP) is 12.7. The zero-order valence-corrected chi connectivity index (χ0v) is 37.0. The first kappa shape index (κ1) is 59.6. The molecule has 0 spiro atoms. The molecule has 0 saturated carbocycles. The minimum atomic E-state index is -8.73. The molecule has 0 heterocycles. The molecule has 2 aromatic rings. The maximum Gasteiger partial charge on any atom is 0.460 e. The summed E-state index contributed by atoms with van der Waals surface area (Å²) in [7, 11) is -2.90. The van der Waals surface area contributed by atoms with Crippen molar-refractivity contribution >= 4 is 26.0 Å². The quantitative estimate of drug-likeness (QED) is 0.0240. The molecule has 0 aromatic heterocycles. The molecule has 2 atom stereocenters. The third-order valence-electron chi connectivity index (χ3n) is 10.7. The summed E-state index contributed by atoms with van der Waals surface area (Å²) in [6, 6.07) is 5.93. The first-order valence-corrected chi connectivity index (χ1v) is 21.7. The molecule has 3 N–H and O–H groups in total. The first-order valence-electron chi connectivity index (χ1n) is 19.4. The van der Waals surface area contributed by atoms with Crippen LogP contribution in [0.4, 0.5) is 93.9 Å². The second kappa shape index (κ2) is 21.6. The fourth-order valence-electron chi connectivity index (χ4n) is 6.52. The number of rotatable bonds is 24. The molecule has 2 rings (SSSR count). The smallest absolute Gasteiger partial charge is 0.460 e. The van der Waals surface area contributed by atoms with Gasteiger partial charge < -0.3 is 18.6 Å². The number of methoxy groups -OCH3 is 1. The van der Waals surface area contributed by atoms with Crippen molar-refractivity contribution in [2.24, 2.45) is 0 Å². The minimum absolute atomic E-state index is 0.00727. The van der Waals surface area contributed by atoms with E-state index >= 15 is 8.78 Å². The lowest BCUT2D eigenvalue weighted by Crippen LogP contribution is -2.74. The molecule has 29 heteroatoms. The van der Waals surface area contributed by atoms with Gasteiger partial charge in [-0.1, -0.05) is 45.9 Å². The second-order valence-electron chi connectivity index (χ2n) is 15.6. The molecule has 0 radical (unpaired) electrons. The summed E-state index contributed by atoms with van der Waals surface area (Å²) >= 11 is 0. The van der Waals surface area contributed by atoms with Gasteiger partial charge in [-0.05, 0) is 60.3 Å². The van der Waals surface area contributed by atoms with Crippen LogP contribution in [0.1, 0.15) is 59.1 Å². The Labute approximate surface area is 375 Å². The van der Waals surface area contributed by atoms with E-state index < -0.39 is 134 Å². The molecule has 388 valence electrons. The van der Waals surface area contributed by atoms with Gasteiger partial charge in [-0.15, -0.1) is 0 Å². The molecule has 2 aromatic carbocycles. The van der Waals surface area contributed by atoms with Crippen LogP contribution in [-0.2, 0) is 18.7 Å². The highest BCUT2D eigenvalue weighted by Gasteiger charge is 2.95. The Morgan fingerprint density at radius 1 is 0.721 bits per heavy atom. The van der Waals surface area contributed by atoms with Gasteiger partial charge in [0, 0.05) is 25.2 Å². The summed E-state index contributed by atoms with van der Waals surface area (Å²) in [5.41, 5.74) is -0.823. The Bertz CT molecular complexity index is 2050. The van der Waals surface area contributed by atoms with Gasteiger partial charge in [0.15, 0.2) is 14.4 Å². The molecule has 0 fully saturated rings. The molecule has 0 bridgehead atoms. The van der Waals surface area contributed by atoms with E-state index in [1.54, 1.807) is 0 Å². The van der Waals surface area contributed by atoms with Gasteiger partial charge in [-0.3, -0.25) is 15.3 Å². The third-order valence-corrected chi connectivity index (χ3v) is 16.3. The summed E-state index contributed by atoms with van der Waals surface area (Å²) in [6.45, 7) is 5.28. The normalized spacial score (nSPS) is 15.1. The van der Waals surface area contributed by atoms with Gasteiger partial charge in [0.05, 0.1) is 12.3 Å². The minimum Gasteiger partial charge on any atom is -0.491 e. The molecule has 0 saturated heterocycles. The van der Waals surface area contributed by atoms with Crippen LogP contribution in [0.2, 0.25) is 17.1 Å². The van der Waals surface area contributed by atoms with Gasteiger partial charge >= 0.3 is 53.7 Å². The van der Waals surface area contributed by atoms with Crippen molar-refractivity contribution in [2.75, 3.05) is 25.6 Å². The second-order valence-corrected chi connectivity index (χ2v) is 20.6. The van der Waals surface area contributed by atoms with E-state index in [0.29, 0.717) is 6.07 Å². The Kier molecular flexibility index (Phi) is 19.0. The van der Waals surface area contributed by atoms with Crippen molar-refractivity contribution in [3.8, 4) is 5.75 Å². The van der Waals surface area contributed by atoms with Crippen LogP contribution in [0.25, 0.3) is 0 Å². The fraction of sp³-hybridized carbons (Fsp3) is 0.590. The van der Waals surface area contributed by atoms with E-state index in [-0.39, 0.29) is 23.3 Å². The first-order chi connectivity index (χ1) is 30.8. The number of halogens is 19. The number of anilines is 1. The van der Waals surface area contributed by atoms with Crippen LogP contribution in [0.3, 0.4) is 0 Å². The topological polar surface area (TPSA) is 115 Å². The lowest BCUT2D eigenvalue weighted by atomic mass is 9.88. The summed E-state index contributed by atoms with van der Waals surface area (Å²) in [5, 5.41) is 11.0. The molecular weight excluding hydrogens is 997 g/mol. The number of hydrogen-bond donors (Lipinski definition) is 3. The number of hydrogen-bond acceptors (Lipinski definition) is 7. The zero-order valence-electron chi connectivity index (χ0n) is 36.0. The molecule has 0 unspecified atom stereocenters. The fourth-order valence-corrected chi connectivity index (χ4v) is 11.0. The predicted molar refractivity (Wildman–Crippen MR) is 202 cm³/mol. The number of ether oxygens (including phenoxy) is 3. The van der Waals surface area contributed by atoms with Gasteiger partial charge in [0.1, 0.15) is 30.1 Å². The van der Waals surface area contributed by atoms with Crippen LogP contribution >= 0.6 is 0 Å². The van der Waals surface area contributed by atoms with Gasteiger partial charge in [-0.25, -0.2) is 19.1 Å². The van der Waals surface area contributed by atoms with E-state index in [1.165, 1.54) is 77.6 Å². The number of benzene rings is 2. The van der Waals surface area contributed by atoms with Crippen molar-refractivity contribution in [2.45, 2.75) is 124 Å². The maximum absolute atomic E-state index is 15.0. The lowest BCUT2D eigenvalue weighted by Gasteiger charge is -2.44. The van der Waals surface area contributed by atoms with Crippen molar-refractivity contribution in [3.63, 3.8) is 0 Å². The van der Waals surface area contributed by atoms with E-state index in [9.17, 15) is 84.2 Å². The van der Waals surface area contributed by atoms with Gasteiger partial charge in [0.25, 0.3) is 5.91 Å². The molecule has 68 heavy (non-hydrogen) atoms. The Hall–Kier alpha value is -4.51. The van der Waals surface area contributed by atoms with Crippen LogP contribution in [-0.4, -0.2) is 99.6 Å². The van der Waals surface area contributed by atoms with Crippen molar-refractivity contribution in [1.29, 1.82) is 0 Å². The van der Waals surface area contributed by atoms with Gasteiger partial charge in [0.2, 0.25) is 0 Å².